The van der Waals surface area contributed by atoms with Crippen LogP contribution in [0.3, 0.4) is 0 Å². The summed E-state index contributed by atoms with van der Waals surface area (Å²) in [6, 6.07) is 65.7. The van der Waals surface area contributed by atoms with E-state index in [1.165, 1.54) is 21.8 Å². The van der Waals surface area contributed by atoms with Gasteiger partial charge in [-0.1, -0.05) is 115 Å². The second-order valence-corrected chi connectivity index (χ2v) is 14.9. The molecule has 0 bridgehead atoms. The van der Waals surface area contributed by atoms with Crippen LogP contribution in [0, 0.1) is 0 Å². The van der Waals surface area contributed by atoms with Crippen LogP contribution in [0.25, 0.3) is 118 Å². The molecule has 12 aromatic rings. The van der Waals surface area contributed by atoms with Gasteiger partial charge in [0.25, 0.3) is 0 Å². The number of para-hydroxylation sites is 3. The van der Waals surface area contributed by atoms with E-state index in [2.05, 4.69) is 102 Å². The largest absolute Gasteiger partial charge is 0.436 e. The van der Waals surface area contributed by atoms with Crippen molar-refractivity contribution in [3.8, 4) is 73.9 Å². The van der Waals surface area contributed by atoms with Crippen LogP contribution in [0.5, 0.6) is 0 Å². The molecule has 8 aromatic carbocycles. The van der Waals surface area contributed by atoms with Crippen molar-refractivity contribution in [3.05, 3.63) is 194 Å². The summed E-state index contributed by atoms with van der Waals surface area (Å²) in [5.74, 6) is 2.67. The van der Waals surface area contributed by atoms with E-state index in [4.69, 9.17) is 33.8 Å². The molecular formula is C53H32N6O2. The highest BCUT2D eigenvalue weighted by molar-refractivity contribution is 6.09. The zero-order valence-electron chi connectivity index (χ0n) is 32.5. The van der Waals surface area contributed by atoms with E-state index in [-0.39, 0.29) is 0 Å². The van der Waals surface area contributed by atoms with Gasteiger partial charge in [-0.2, -0.15) is 0 Å². The van der Waals surface area contributed by atoms with Crippen molar-refractivity contribution < 1.29 is 8.83 Å². The molecule has 0 saturated carbocycles. The van der Waals surface area contributed by atoms with Gasteiger partial charge in [0.15, 0.2) is 28.6 Å². The highest BCUT2D eigenvalue weighted by atomic mass is 16.4. The molecule has 4 aromatic heterocycles. The second-order valence-electron chi connectivity index (χ2n) is 14.9. The Labute approximate surface area is 349 Å². The summed E-state index contributed by atoms with van der Waals surface area (Å²) in [6.45, 7) is 0. The minimum Gasteiger partial charge on any atom is -0.436 e. The van der Waals surface area contributed by atoms with Gasteiger partial charge < -0.3 is 13.4 Å². The highest BCUT2D eigenvalue weighted by Gasteiger charge is 2.19. The van der Waals surface area contributed by atoms with Crippen LogP contribution in [-0.2, 0) is 0 Å². The fourth-order valence-electron chi connectivity index (χ4n) is 8.20. The molecule has 0 aliphatic carbocycles. The molecule has 8 nitrogen and oxygen atoms in total. The van der Waals surface area contributed by atoms with Crippen LogP contribution in [0.4, 0.5) is 0 Å². The molecule has 0 fully saturated rings. The van der Waals surface area contributed by atoms with Crippen molar-refractivity contribution in [2.75, 3.05) is 0 Å². The first-order valence-electron chi connectivity index (χ1n) is 20.1. The molecule has 0 aliphatic heterocycles. The van der Waals surface area contributed by atoms with Gasteiger partial charge in [0.1, 0.15) is 11.0 Å². The molecule has 0 N–H and O–H groups in total. The summed E-state index contributed by atoms with van der Waals surface area (Å²) in [5.41, 5.74) is 12.7. The molecule has 12 rings (SSSR count). The molecule has 61 heavy (non-hydrogen) atoms. The topological polar surface area (TPSA) is 95.7 Å². The number of hydrogen-bond acceptors (Lipinski definition) is 7. The van der Waals surface area contributed by atoms with E-state index in [9.17, 15) is 0 Å². The van der Waals surface area contributed by atoms with Crippen LogP contribution < -0.4 is 0 Å². The fraction of sp³-hybridized carbons (Fsp3) is 0. The maximum atomic E-state index is 6.15. The van der Waals surface area contributed by atoms with E-state index < -0.39 is 0 Å². The molecule has 0 atom stereocenters. The maximum absolute atomic E-state index is 6.15. The van der Waals surface area contributed by atoms with Gasteiger partial charge >= 0.3 is 0 Å². The van der Waals surface area contributed by atoms with Crippen LogP contribution in [0.15, 0.2) is 203 Å². The Bertz CT molecular complexity index is 3400. The van der Waals surface area contributed by atoms with Gasteiger partial charge in [0, 0.05) is 44.2 Å². The van der Waals surface area contributed by atoms with E-state index in [0.29, 0.717) is 51.5 Å². The SMILES string of the molecule is c1ccc(-c2nc3cc(-c4nc(-c5ccc(-c6ccccc6-n6c7ccccc7c7ccccc76)cc5)nc(-c5ccc6oc(-c7ccccc7)nc6c5)n4)ccc3o2)cc1. The third kappa shape index (κ3) is 6.05. The van der Waals surface area contributed by atoms with Gasteiger partial charge in [0.2, 0.25) is 11.8 Å². The average molecular weight is 785 g/mol. The lowest BCUT2D eigenvalue weighted by molar-refractivity contribution is 0.619. The van der Waals surface area contributed by atoms with Gasteiger partial charge in [-0.15, -0.1) is 0 Å². The van der Waals surface area contributed by atoms with Gasteiger partial charge in [-0.05, 0) is 84.4 Å². The predicted octanol–water partition coefficient (Wildman–Crippen LogP) is 13.3. The Morgan fingerprint density at radius 3 is 1.30 bits per heavy atom. The second kappa shape index (κ2) is 14.1. The Balaban J connectivity index is 0.971. The summed E-state index contributed by atoms with van der Waals surface area (Å²) >= 11 is 0. The molecule has 286 valence electrons. The zero-order valence-corrected chi connectivity index (χ0v) is 32.5. The molecule has 0 radical (unpaired) electrons. The summed E-state index contributed by atoms with van der Waals surface area (Å²) in [7, 11) is 0. The average Bonchev–Trinajstić information content (AvgIpc) is 4.06. The van der Waals surface area contributed by atoms with Crippen molar-refractivity contribution >= 4 is 44.0 Å². The number of nitrogens with zero attached hydrogens (tertiary/aromatic N) is 6. The quantitative estimate of drug-likeness (QED) is 0.159. The Morgan fingerprint density at radius 1 is 0.328 bits per heavy atom. The van der Waals surface area contributed by atoms with Crippen LogP contribution in [0.2, 0.25) is 0 Å². The van der Waals surface area contributed by atoms with E-state index in [1.54, 1.807) is 0 Å². The Kier molecular flexibility index (Phi) is 7.99. The molecule has 0 saturated heterocycles. The zero-order chi connectivity index (χ0) is 40.3. The predicted molar refractivity (Wildman–Crippen MR) is 242 cm³/mol. The minimum atomic E-state index is 0.511. The van der Waals surface area contributed by atoms with Gasteiger partial charge in [0.05, 0.1) is 16.7 Å². The lowest BCUT2D eigenvalue weighted by atomic mass is 10.0. The lowest BCUT2D eigenvalue weighted by Crippen LogP contribution is -2.00. The Hall–Kier alpha value is -8.49. The Morgan fingerprint density at radius 2 is 0.754 bits per heavy atom. The number of hydrogen-bond donors (Lipinski definition) is 0. The number of oxazole rings is 2. The third-order valence-corrected chi connectivity index (χ3v) is 11.1. The summed E-state index contributed by atoms with van der Waals surface area (Å²) in [5, 5.41) is 2.45. The van der Waals surface area contributed by atoms with E-state index in [0.717, 1.165) is 44.6 Å². The molecule has 0 spiro atoms. The van der Waals surface area contributed by atoms with Gasteiger partial charge in [-0.25, -0.2) is 24.9 Å². The number of benzene rings is 8. The van der Waals surface area contributed by atoms with Crippen molar-refractivity contribution in [2.24, 2.45) is 0 Å². The maximum Gasteiger partial charge on any atom is 0.227 e. The van der Waals surface area contributed by atoms with E-state index in [1.807, 2.05) is 97.1 Å². The molecular weight excluding hydrogens is 753 g/mol. The lowest BCUT2D eigenvalue weighted by Gasteiger charge is -2.14. The summed E-state index contributed by atoms with van der Waals surface area (Å²) in [4.78, 5) is 24.9. The molecule has 0 aliphatic rings. The van der Waals surface area contributed by atoms with Crippen molar-refractivity contribution in [1.82, 2.24) is 29.5 Å². The first-order valence-corrected chi connectivity index (χ1v) is 20.1. The van der Waals surface area contributed by atoms with Crippen LogP contribution >= 0.6 is 0 Å². The monoisotopic (exact) mass is 784 g/mol. The minimum absolute atomic E-state index is 0.511. The van der Waals surface area contributed by atoms with Crippen LogP contribution in [-0.4, -0.2) is 29.5 Å². The van der Waals surface area contributed by atoms with Crippen LogP contribution in [0.1, 0.15) is 0 Å². The van der Waals surface area contributed by atoms with Crippen molar-refractivity contribution in [1.29, 1.82) is 0 Å². The molecule has 8 heteroatoms. The fourth-order valence-corrected chi connectivity index (χ4v) is 8.20. The summed E-state index contributed by atoms with van der Waals surface area (Å²) < 4.78 is 14.7. The first-order chi connectivity index (χ1) is 30.2. The van der Waals surface area contributed by atoms with Gasteiger partial charge in [-0.3, -0.25) is 0 Å². The first kappa shape index (κ1) is 34.5. The number of aromatic nitrogens is 6. The standard InChI is InChI=1S/C53H32N6O2/c1-3-13-35(14-4-1)52-54-42-31-37(27-29-47(42)60-52)50-56-49(57-51(58-50)38-28-30-48-43(32-38)55-53(61-48)36-15-5-2-6-16-36)34-25-23-33(24-26-34)39-17-7-10-20-44(39)59-45-21-11-8-18-40(45)41-19-9-12-22-46(41)59/h1-32H. The molecule has 0 amide bonds. The van der Waals surface area contributed by atoms with E-state index >= 15 is 0 Å². The third-order valence-electron chi connectivity index (χ3n) is 11.1. The molecule has 0 unspecified atom stereocenters. The number of rotatable bonds is 7. The summed E-state index contributed by atoms with van der Waals surface area (Å²) in [6.07, 6.45) is 0. The number of fused-ring (bicyclic) bond motifs is 5. The normalized spacial score (nSPS) is 11.6. The smallest absolute Gasteiger partial charge is 0.227 e. The van der Waals surface area contributed by atoms with Crippen molar-refractivity contribution in [2.45, 2.75) is 0 Å². The molecule has 4 heterocycles. The highest BCUT2D eigenvalue weighted by Crippen LogP contribution is 2.37. The van der Waals surface area contributed by atoms with Crippen molar-refractivity contribution in [3.63, 3.8) is 0 Å².